The van der Waals surface area contributed by atoms with E-state index in [0.29, 0.717) is 12.8 Å². The van der Waals surface area contributed by atoms with E-state index in [4.69, 9.17) is 0 Å². The monoisotopic (exact) mass is 203 g/mol. The third-order valence-corrected chi connectivity index (χ3v) is 2.59. The summed E-state index contributed by atoms with van der Waals surface area (Å²) in [6, 6.07) is 9.41. The maximum atomic E-state index is 11.5. The molecule has 1 aromatic rings. The number of hydrogen-bond acceptors (Lipinski definition) is 3. The molecular formula is C12H13NO2. The van der Waals surface area contributed by atoms with Crippen molar-refractivity contribution in [3.05, 3.63) is 30.3 Å². The van der Waals surface area contributed by atoms with Crippen molar-refractivity contribution in [1.82, 2.24) is 0 Å². The van der Waals surface area contributed by atoms with Gasteiger partial charge in [0.1, 0.15) is 5.78 Å². The molecule has 78 valence electrons. The molecule has 3 nitrogen and oxygen atoms in total. The van der Waals surface area contributed by atoms with Crippen molar-refractivity contribution in [2.45, 2.75) is 25.3 Å². The van der Waals surface area contributed by atoms with Crippen LogP contribution >= 0.6 is 0 Å². The summed E-state index contributed by atoms with van der Waals surface area (Å²) in [5.41, 5.74) is 0.935. The number of ketones is 2. The van der Waals surface area contributed by atoms with E-state index in [0.717, 1.165) is 5.69 Å². The van der Waals surface area contributed by atoms with Gasteiger partial charge in [0.25, 0.3) is 0 Å². The van der Waals surface area contributed by atoms with Crippen LogP contribution in [-0.2, 0) is 9.59 Å². The first-order valence-corrected chi connectivity index (χ1v) is 5.12. The lowest BCUT2D eigenvalue weighted by Gasteiger charge is -2.21. The van der Waals surface area contributed by atoms with Crippen LogP contribution in [0.4, 0.5) is 5.69 Å². The summed E-state index contributed by atoms with van der Waals surface area (Å²) in [4.78, 5) is 22.5. The van der Waals surface area contributed by atoms with E-state index in [-0.39, 0.29) is 24.0 Å². The molecule has 0 bridgehead atoms. The van der Waals surface area contributed by atoms with Gasteiger partial charge in [-0.2, -0.15) is 0 Å². The minimum Gasteiger partial charge on any atom is -0.375 e. The number of benzene rings is 1. The van der Waals surface area contributed by atoms with Gasteiger partial charge in [0, 0.05) is 12.1 Å². The fourth-order valence-electron chi connectivity index (χ4n) is 1.76. The zero-order chi connectivity index (χ0) is 10.7. The van der Waals surface area contributed by atoms with Crippen LogP contribution in [0.25, 0.3) is 0 Å². The Labute approximate surface area is 88.5 Å². The molecule has 0 amide bonds. The van der Waals surface area contributed by atoms with Crippen molar-refractivity contribution in [2.75, 3.05) is 5.32 Å². The second-order valence-electron chi connectivity index (χ2n) is 3.78. The van der Waals surface area contributed by atoms with Gasteiger partial charge in [0.05, 0.1) is 12.5 Å². The van der Waals surface area contributed by atoms with Crippen LogP contribution in [0.3, 0.4) is 0 Å². The van der Waals surface area contributed by atoms with Crippen LogP contribution in [0.15, 0.2) is 30.3 Å². The summed E-state index contributed by atoms with van der Waals surface area (Å²) in [5, 5.41) is 3.15. The molecule has 1 unspecified atom stereocenters. The second kappa shape index (κ2) is 4.26. The molecule has 1 aromatic carbocycles. The van der Waals surface area contributed by atoms with Crippen molar-refractivity contribution >= 4 is 17.3 Å². The Bertz CT molecular complexity index is 372. The van der Waals surface area contributed by atoms with E-state index in [1.54, 1.807) is 0 Å². The van der Waals surface area contributed by atoms with Crippen molar-refractivity contribution in [3.8, 4) is 0 Å². The summed E-state index contributed by atoms with van der Waals surface area (Å²) >= 11 is 0. The molecule has 0 spiro atoms. The van der Waals surface area contributed by atoms with Crippen molar-refractivity contribution in [2.24, 2.45) is 0 Å². The molecule has 1 saturated carbocycles. The molecule has 1 aliphatic rings. The Kier molecular flexibility index (Phi) is 2.81. The highest BCUT2D eigenvalue weighted by Crippen LogP contribution is 2.16. The van der Waals surface area contributed by atoms with Crippen molar-refractivity contribution < 1.29 is 9.59 Å². The number of carbonyl (C=O) groups is 2. The summed E-state index contributed by atoms with van der Waals surface area (Å²) in [7, 11) is 0. The summed E-state index contributed by atoms with van der Waals surface area (Å²) < 4.78 is 0. The molecule has 2 rings (SSSR count). The van der Waals surface area contributed by atoms with Gasteiger partial charge in [-0.25, -0.2) is 0 Å². The fourth-order valence-corrected chi connectivity index (χ4v) is 1.76. The van der Waals surface area contributed by atoms with Gasteiger partial charge in [0.15, 0.2) is 5.78 Å². The molecule has 0 aliphatic heterocycles. The molecule has 0 radical (unpaired) electrons. The number of rotatable bonds is 2. The molecule has 1 N–H and O–H groups in total. The van der Waals surface area contributed by atoms with Gasteiger partial charge in [-0.15, -0.1) is 0 Å². The van der Waals surface area contributed by atoms with Crippen LogP contribution in [0.1, 0.15) is 19.3 Å². The van der Waals surface area contributed by atoms with Crippen molar-refractivity contribution in [3.63, 3.8) is 0 Å². The van der Waals surface area contributed by atoms with E-state index in [9.17, 15) is 9.59 Å². The molecule has 0 aromatic heterocycles. The molecule has 1 aliphatic carbocycles. The van der Waals surface area contributed by atoms with Crippen molar-refractivity contribution in [1.29, 1.82) is 0 Å². The van der Waals surface area contributed by atoms with Gasteiger partial charge in [-0.05, 0) is 18.6 Å². The number of carbonyl (C=O) groups excluding carboxylic acids is 2. The topological polar surface area (TPSA) is 46.2 Å². The molecule has 15 heavy (non-hydrogen) atoms. The Morgan fingerprint density at radius 2 is 1.87 bits per heavy atom. The average molecular weight is 203 g/mol. The lowest BCUT2D eigenvalue weighted by atomic mass is 9.93. The largest absolute Gasteiger partial charge is 0.375 e. The van der Waals surface area contributed by atoms with Gasteiger partial charge < -0.3 is 5.32 Å². The predicted molar refractivity (Wildman–Crippen MR) is 57.7 cm³/mol. The number of hydrogen-bond donors (Lipinski definition) is 1. The SMILES string of the molecule is O=C1CCC(Nc2ccccc2)C(=O)C1. The fraction of sp³-hybridized carbons (Fsp3) is 0.333. The summed E-state index contributed by atoms with van der Waals surface area (Å²) in [6.07, 6.45) is 1.22. The van der Waals surface area contributed by atoms with Crippen LogP contribution in [0, 0.1) is 0 Å². The van der Waals surface area contributed by atoms with Crippen LogP contribution < -0.4 is 5.32 Å². The van der Waals surface area contributed by atoms with E-state index in [1.165, 1.54) is 0 Å². The summed E-state index contributed by atoms with van der Waals surface area (Å²) in [5.74, 6) is 0.0706. The lowest BCUT2D eigenvalue weighted by molar-refractivity contribution is -0.130. The maximum absolute atomic E-state index is 11.5. The van der Waals surface area contributed by atoms with Gasteiger partial charge in [0.2, 0.25) is 0 Å². The molecule has 3 heteroatoms. The number of anilines is 1. The van der Waals surface area contributed by atoms with Gasteiger partial charge in [-0.3, -0.25) is 9.59 Å². The third-order valence-electron chi connectivity index (χ3n) is 2.59. The first-order chi connectivity index (χ1) is 7.25. The third kappa shape index (κ3) is 2.43. The van der Waals surface area contributed by atoms with E-state index < -0.39 is 0 Å². The molecule has 1 fully saturated rings. The highest BCUT2D eigenvalue weighted by Gasteiger charge is 2.26. The second-order valence-corrected chi connectivity index (χ2v) is 3.78. The smallest absolute Gasteiger partial charge is 0.162 e. The standard InChI is InChI=1S/C12H13NO2/c14-10-6-7-11(12(15)8-10)13-9-4-2-1-3-5-9/h1-5,11,13H,6-8H2. The molecule has 0 heterocycles. The number of para-hydroxylation sites is 1. The first-order valence-electron chi connectivity index (χ1n) is 5.12. The Hall–Kier alpha value is -1.64. The van der Waals surface area contributed by atoms with Gasteiger partial charge >= 0.3 is 0 Å². The van der Waals surface area contributed by atoms with Crippen LogP contribution in [-0.4, -0.2) is 17.6 Å². The Balaban J connectivity index is 2.01. The van der Waals surface area contributed by atoms with E-state index in [2.05, 4.69) is 5.32 Å². The zero-order valence-electron chi connectivity index (χ0n) is 8.40. The van der Waals surface area contributed by atoms with E-state index >= 15 is 0 Å². The molecule has 0 saturated heterocycles. The lowest BCUT2D eigenvalue weighted by Crippen LogP contribution is -2.35. The number of nitrogens with one attached hydrogen (secondary N) is 1. The summed E-state index contributed by atoms with van der Waals surface area (Å²) in [6.45, 7) is 0. The van der Waals surface area contributed by atoms with Crippen LogP contribution in [0.5, 0.6) is 0 Å². The minimum atomic E-state index is -0.190. The molecule has 1 atom stereocenters. The highest BCUT2D eigenvalue weighted by molar-refractivity contribution is 6.04. The Morgan fingerprint density at radius 1 is 1.13 bits per heavy atom. The van der Waals surface area contributed by atoms with Crippen LogP contribution in [0.2, 0.25) is 0 Å². The normalized spacial score (nSPS) is 21.5. The first kappa shape index (κ1) is 9.90. The predicted octanol–water partition coefficient (Wildman–Crippen LogP) is 1.79. The maximum Gasteiger partial charge on any atom is 0.162 e. The van der Waals surface area contributed by atoms with Gasteiger partial charge in [-0.1, -0.05) is 18.2 Å². The average Bonchev–Trinajstić information content (AvgIpc) is 2.24. The quantitative estimate of drug-likeness (QED) is 0.745. The Morgan fingerprint density at radius 3 is 2.53 bits per heavy atom. The number of Topliss-reactive ketones (excluding diaryl/α,β-unsaturated/α-hetero) is 2. The highest BCUT2D eigenvalue weighted by atomic mass is 16.2. The zero-order valence-corrected chi connectivity index (χ0v) is 8.40. The minimum absolute atomic E-state index is 0.00935. The molecular weight excluding hydrogens is 190 g/mol. The van der Waals surface area contributed by atoms with E-state index in [1.807, 2.05) is 30.3 Å².